The van der Waals surface area contributed by atoms with Gasteiger partial charge in [-0.1, -0.05) is 11.6 Å². The fourth-order valence-corrected chi connectivity index (χ4v) is 1.56. The summed E-state index contributed by atoms with van der Waals surface area (Å²) in [6.07, 6.45) is 0. The molecule has 82 valence electrons. The standard InChI is InChI=1S/C8H4ClN3O4/c9-4-2-5-3(1-6(4)12(15)16)7(8(13)14)11-10-5/h1-2H,(H,10,11)(H,13,14). The number of nitrogens with zero attached hydrogens (tertiary/aromatic N) is 2. The third-order valence-electron chi connectivity index (χ3n) is 2.03. The lowest BCUT2D eigenvalue weighted by atomic mass is 10.2. The lowest BCUT2D eigenvalue weighted by molar-refractivity contribution is -0.384. The molecule has 0 radical (unpaired) electrons. The lowest BCUT2D eigenvalue weighted by Gasteiger charge is -1.95. The van der Waals surface area contributed by atoms with Crippen LogP contribution in [-0.2, 0) is 0 Å². The molecule has 7 nitrogen and oxygen atoms in total. The van der Waals surface area contributed by atoms with E-state index in [9.17, 15) is 14.9 Å². The molecule has 1 aromatic heterocycles. The number of aromatic nitrogens is 2. The van der Waals surface area contributed by atoms with E-state index in [0.29, 0.717) is 5.52 Å². The number of carboxylic acid groups (broad SMARTS) is 1. The zero-order valence-electron chi connectivity index (χ0n) is 7.60. The summed E-state index contributed by atoms with van der Waals surface area (Å²) < 4.78 is 0. The smallest absolute Gasteiger partial charge is 0.357 e. The highest BCUT2D eigenvalue weighted by Gasteiger charge is 2.19. The van der Waals surface area contributed by atoms with Crippen LogP contribution in [0.15, 0.2) is 12.1 Å². The average molecular weight is 242 g/mol. The predicted octanol–water partition coefficient (Wildman–Crippen LogP) is 1.82. The van der Waals surface area contributed by atoms with E-state index in [-0.39, 0.29) is 21.8 Å². The molecule has 0 unspecified atom stereocenters. The number of benzene rings is 1. The number of carboxylic acids is 1. The van der Waals surface area contributed by atoms with E-state index in [1.807, 2.05) is 0 Å². The zero-order valence-corrected chi connectivity index (χ0v) is 8.35. The molecule has 0 spiro atoms. The van der Waals surface area contributed by atoms with E-state index < -0.39 is 10.9 Å². The van der Waals surface area contributed by atoms with Crippen LogP contribution in [0.1, 0.15) is 10.5 Å². The molecule has 0 amide bonds. The van der Waals surface area contributed by atoms with Crippen molar-refractivity contribution in [2.24, 2.45) is 0 Å². The van der Waals surface area contributed by atoms with Crippen molar-refractivity contribution in [3.05, 3.63) is 33.0 Å². The van der Waals surface area contributed by atoms with Gasteiger partial charge in [-0.25, -0.2) is 4.79 Å². The van der Waals surface area contributed by atoms with Gasteiger partial charge in [0.1, 0.15) is 5.02 Å². The fourth-order valence-electron chi connectivity index (χ4n) is 1.33. The summed E-state index contributed by atoms with van der Waals surface area (Å²) in [5.74, 6) is -1.26. The van der Waals surface area contributed by atoms with Crippen LogP contribution in [0.2, 0.25) is 5.02 Å². The Kier molecular flexibility index (Phi) is 2.24. The third kappa shape index (κ3) is 1.47. The van der Waals surface area contributed by atoms with Crippen molar-refractivity contribution in [1.82, 2.24) is 10.2 Å². The van der Waals surface area contributed by atoms with Crippen molar-refractivity contribution in [3.8, 4) is 0 Å². The van der Waals surface area contributed by atoms with Gasteiger partial charge in [0.05, 0.1) is 10.4 Å². The van der Waals surface area contributed by atoms with Crippen LogP contribution < -0.4 is 0 Å². The highest BCUT2D eigenvalue weighted by Crippen LogP contribution is 2.30. The third-order valence-corrected chi connectivity index (χ3v) is 2.33. The number of H-pyrrole nitrogens is 1. The van der Waals surface area contributed by atoms with Crippen molar-refractivity contribution in [2.75, 3.05) is 0 Å². The van der Waals surface area contributed by atoms with Gasteiger partial charge in [-0.2, -0.15) is 5.10 Å². The minimum absolute atomic E-state index is 0.0712. The van der Waals surface area contributed by atoms with Gasteiger partial charge in [-0.05, 0) is 6.07 Å². The van der Waals surface area contributed by atoms with Crippen molar-refractivity contribution >= 4 is 34.2 Å². The molecule has 2 aromatic rings. The molecule has 0 aliphatic rings. The van der Waals surface area contributed by atoms with E-state index in [1.54, 1.807) is 0 Å². The summed E-state index contributed by atoms with van der Waals surface area (Å²) >= 11 is 5.65. The van der Waals surface area contributed by atoms with Crippen LogP contribution in [0.3, 0.4) is 0 Å². The molecule has 0 aliphatic carbocycles. The molecule has 0 saturated carbocycles. The molecule has 1 aromatic carbocycles. The number of aromatic carboxylic acids is 1. The first kappa shape index (κ1) is 10.4. The first-order valence-electron chi connectivity index (χ1n) is 4.06. The second-order valence-corrected chi connectivity index (χ2v) is 3.39. The normalized spacial score (nSPS) is 10.6. The van der Waals surface area contributed by atoms with E-state index >= 15 is 0 Å². The van der Waals surface area contributed by atoms with Gasteiger partial charge in [0.25, 0.3) is 5.69 Å². The second-order valence-electron chi connectivity index (χ2n) is 2.98. The summed E-state index contributed by atoms with van der Waals surface area (Å²) in [5.41, 5.74) is -0.277. The Balaban J connectivity index is 2.79. The van der Waals surface area contributed by atoms with Gasteiger partial charge in [-0.3, -0.25) is 15.2 Å². The van der Waals surface area contributed by atoms with Gasteiger partial charge in [-0.15, -0.1) is 0 Å². The molecule has 0 fully saturated rings. The minimum Gasteiger partial charge on any atom is -0.476 e. The number of fused-ring (bicyclic) bond motifs is 1. The number of halogens is 1. The SMILES string of the molecule is O=C(O)c1n[nH]c2cc(Cl)c([N+](=O)[O-])cc12. The van der Waals surface area contributed by atoms with Crippen LogP contribution in [0.25, 0.3) is 10.9 Å². The zero-order chi connectivity index (χ0) is 11.9. The summed E-state index contributed by atoms with van der Waals surface area (Å²) in [5, 5.41) is 25.5. The maximum absolute atomic E-state index is 10.8. The molecule has 0 bridgehead atoms. The minimum atomic E-state index is -1.26. The number of nitro benzene ring substituents is 1. The maximum Gasteiger partial charge on any atom is 0.357 e. The van der Waals surface area contributed by atoms with Gasteiger partial charge >= 0.3 is 5.97 Å². The van der Waals surface area contributed by atoms with E-state index in [1.165, 1.54) is 6.07 Å². The molecule has 1 heterocycles. The topological polar surface area (TPSA) is 109 Å². The lowest BCUT2D eigenvalue weighted by Crippen LogP contribution is -1.97. The Morgan fingerprint density at radius 2 is 2.25 bits per heavy atom. The van der Waals surface area contributed by atoms with Gasteiger partial charge in [0, 0.05) is 11.5 Å². The van der Waals surface area contributed by atoms with E-state index in [4.69, 9.17) is 16.7 Å². The predicted molar refractivity (Wildman–Crippen MR) is 54.7 cm³/mol. The number of aromatic amines is 1. The largest absolute Gasteiger partial charge is 0.476 e. The molecular weight excluding hydrogens is 238 g/mol. The molecule has 0 atom stereocenters. The average Bonchev–Trinajstić information content (AvgIpc) is 2.58. The Bertz CT molecular complexity index is 607. The Morgan fingerprint density at radius 1 is 1.56 bits per heavy atom. The first-order chi connectivity index (χ1) is 7.50. The van der Waals surface area contributed by atoms with E-state index in [0.717, 1.165) is 6.07 Å². The van der Waals surface area contributed by atoms with Crippen LogP contribution >= 0.6 is 11.6 Å². The van der Waals surface area contributed by atoms with E-state index in [2.05, 4.69) is 10.2 Å². The molecule has 2 N–H and O–H groups in total. The molecule has 2 rings (SSSR count). The van der Waals surface area contributed by atoms with Gasteiger partial charge in [0.2, 0.25) is 0 Å². The number of nitro groups is 1. The molecule has 8 heteroatoms. The summed E-state index contributed by atoms with van der Waals surface area (Å²) in [7, 11) is 0. The Labute approximate surface area is 92.8 Å². The number of nitrogens with one attached hydrogen (secondary N) is 1. The van der Waals surface area contributed by atoms with Crippen LogP contribution in [0.5, 0.6) is 0 Å². The van der Waals surface area contributed by atoms with Crippen molar-refractivity contribution in [1.29, 1.82) is 0 Å². The fraction of sp³-hybridized carbons (Fsp3) is 0. The van der Waals surface area contributed by atoms with Crippen LogP contribution in [0, 0.1) is 10.1 Å². The first-order valence-corrected chi connectivity index (χ1v) is 4.44. The Morgan fingerprint density at radius 3 is 2.81 bits per heavy atom. The molecule has 0 aliphatic heterocycles. The highest BCUT2D eigenvalue weighted by molar-refractivity contribution is 6.33. The quantitative estimate of drug-likeness (QED) is 0.616. The van der Waals surface area contributed by atoms with Crippen molar-refractivity contribution < 1.29 is 14.8 Å². The van der Waals surface area contributed by atoms with Crippen LogP contribution in [-0.4, -0.2) is 26.2 Å². The molecular formula is C8H4ClN3O4. The molecule has 0 saturated heterocycles. The summed E-state index contributed by atoms with van der Waals surface area (Å²) in [4.78, 5) is 20.7. The summed E-state index contributed by atoms with van der Waals surface area (Å²) in [6.45, 7) is 0. The maximum atomic E-state index is 10.8. The Hall–Kier alpha value is -2.15. The summed E-state index contributed by atoms with van der Waals surface area (Å²) in [6, 6.07) is 2.36. The van der Waals surface area contributed by atoms with Crippen LogP contribution in [0.4, 0.5) is 5.69 Å². The van der Waals surface area contributed by atoms with Gasteiger partial charge < -0.3 is 5.11 Å². The number of hydrogen-bond donors (Lipinski definition) is 2. The number of carbonyl (C=O) groups is 1. The molecule has 16 heavy (non-hydrogen) atoms. The van der Waals surface area contributed by atoms with Crippen molar-refractivity contribution in [3.63, 3.8) is 0 Å². The monoisotopic (exact) mass is 241 g/mol. The number of hydrogen-bond acceptors (Lipinski definition) is 4. The number of rotatable bonds is 2. The highest BCUT2D eigenvalue weighted by atomic mass is 35.5. The second kappa shape index (κ2) is 3.46. The van der Waals surface area contributed by atoms with Crippen molar-refractivity contribution in [2.45, 2.75) is 0 Å². The van der Waals surface area contributed by atoms with Gasteiger partial charge in [0.15, 0.2) is 5.69 Å².